The third-order valence-electron chi connectivity index (χ3n) is 5.03. The lowest BCUT2D eigenvalue weighted by molar-refractivity contribution is -0.159. The van der Waals surface area contributed by atoms with Gasteiger partial charge in [-0.1, -0.05) is 33.1 Å². The van der Waals surface area contributed by atoms with Gasteiger partial charge in [0.15, 0.2) is 5.60 Å². The van der Waals surface area contributed by atoms with E-state index in [1.54, 1.807) is 0 Å². The van der Waals surface area contributed by atoms with E-state index in [9.17, 15) is 15.0 Å². The van der Waals surface area contributed by atoms with Crippen LogP contribution in [0.25, 0.3) is 0 Å². The van der Waals surface area contributed by atoms with Crippen LogP contribution in [0.1, 0.15) is 69.2 Å². The fourth-order valence-electron chi connectivity index (χ4n) is 3.07. The summed E-state index contributed by atoms with van der Waals surface area (Å²) < 4.78 is 0. The highest BCUT2D eigenvalue weighted by atomic mass is 16.4. The van der Waals surface area contributed by atoms with E-state index in [1.807, 2.05) is 33.0 Å². The largest absolute Gasteiger partial charge is 0.479 e. The van der Waals surface area contributed by atoms with Crippen LogP contribution in [-0.4, -0.2) is 26.8 Å². The van der Waals surface area contributed by atoms with E-state index in [0.29, 0.717) is 18.0 Å². The van der Waals surface area contributed by atoms with Crippen molar-refractivity contribution < 1.29 is 15.0 Å². The van der Waals surface area contributed by atoms with Gasteiger partial charge in [0.2, 0.25) is 0 Å². The molecule has 0 radical (unpaired) electrons. The zero-order chi connectivity index (χ0) is 17.7. The number of carboxylic acids is 1. The zero-order valence-corrected chi connectivity index (χ0v) is 15.2. The van der Waals surface area contributed by atoms with Crippen molar-refractivity contribution in [3.8, 4) is 0 Å². The molecular weight excluding hydrogens is 302 g/mol. The third-order valence-corrected chi connectivity index (χ3v) is 5.03. The summed E-state index contributed by atoms with van der Waals surface area (Å²) in [7, 11) is 0. The number of hydrogen-bond acceptors (Lipinski definition) is 3. The van der Waals surface area contributed by atoms with Gasteiger partial charge < -0.3 is 10.2 Å². The van der Waals surface area contributed by atoms with Gasteiger partial charge in [0.25, 0.3) is 0 Å². The molecule has 1 saturated carbocycles. The SMILES string of the molecule is Cc1cnc(CC(O)(CCC(C)C)C(=O)O)cc1CCCC1CC1. The van der Waals surface area contributed by atoms with Crippen molar-refractivity contribution in [2.45, 2.75) is 77.7 Å². The van der Waals surface area contributed by atoms with Gasteiger partial charge in [-0.2, -0.15) is 0 Å². The molecule has 4 nitrogen and oxygen atoms in total. The minimum Gasteiger partial charge on any atom is -0.479 e. The summed E-state index contributed by atoms with van der Waals surface area (Å²) in [6, 6.07) is 1.99. The first kappa shape index (κ1) is 18.9. The van der Waals surface area contributed by atoms with Crippen LogP contribution in [0.3, 0.4) is 0 Å². The molecule has 2 rings (SSSR count). The average Bonchev–Trinajstić information content (AvgIpc) is 3.32. The van der Waals surface area contributed by atoms with Crippen molar-refractivity contribution in [2.75, 3.05) is 0 Å². The van der Waals surface area contributed by atoms with Crippen LogP contribution in [0.5, 0.6) is 0 Å². The Morgan fingerprint density at radius 2 is 2.12 bits per heavy atom. The van der Waals surface area contributed by atoms with Crippen LogP contribution in [0.2, 0.25) is 0 Å². The number of hydrogen-bond donors (Lipinski definition) is 2. The van der Waals surface area contributed by atoms with Crippen molar-refractivity contribution >= 4 is 5.97 Å². The first-order chi connectivity index (χ1) is 11.3. The number of pyridine rings is 1. The fraction of sp³-hybridized carbons (Fsp3) is 0.700. The Hall–Kier alpha value is -1.42. The molecule has 4 heteroatoms. The summed E-state index contributed by atoms with van der Waals surface area (Å²) in [5, 5.41) is 20.0. The van der Waals surface area contributed by atoms with Crippen molar-refractivity contribution in [2.24, 2.45) is 11.8 Å². The van der Waals surface area contributed by atoms with Crippen LogP contribution in [0, 0.1) is 18.8 Å². The lowest BCUT2D eigenvalue weighted by atomic mass is 9.88. The van der Waals surface area contributed by atoms with Crippen molar-refractivity contribution in [1.82, 2.24) is 4.98 Å². The van der Waals surface area contributed by atoms with E-state index in [4.69, 9.17) is 0 Å². The van der Waals surface area contributed by atoms with Crippen LogP contribution >= 0.6 is 0 Å². The predicted octanol–water partition coefficient (Wildman–Crippen LogP) is 3.92. The molecule has 0 bridgehead atoms. The van der Waals surface area contributed by atoms with Crippen LogP contribution in [-0.2, 0) is 17.6 Å². The summed E-state index contributed by atoms with van der Waals surface area (Å²) in [4.78, 5) is 15.9. The van der Waals surface area contributed by atoms with Gasteiger partial charge in [-0.25, -0.2) is 4.79 Å². The quantitative estimate of drug-likeness (QED) is 0.681. The summed E-state index contributed by atoms with van der Waals surface area (Å²) in [6.07, 6.45) is 9.04. The molecule has 1 aromatic heterocycles. The number of aryl methyl sites for hydroxylation is 2. The second kappa shape index (κ2) is 8.11. The van der Waals surface area contributed by atoms with Gasteiger partial charge in [-0.3, -0.25) is 4.98 Å². The monoisotopic (exact) mass is 333 g/mol. The Morgan fingerprint density at radius 3 is 2.71 bits per heavy atom. The van der Waals surface area contributed by atoms with Gasteiger partial charge >= 0.3 is 5.97 Å². The summed E-state index contributed by atoms with van der Waals surface area (Å²) in [5.41, 5.74) is 1.33. The predicted molar refractivity (Wildman–Crippen MR) is 95.0 cm³/mol. The Labute approximate surface area is 145 Å². The normalized spacial score (nSPS) is 17.0. The Bertz CT molecular complexity index is 566. The fourth-order valence-corrected chi connectivity index (χ4v) is 3.07. The number of carboxylic acid groups (broad SMARTS) is 1. The maximum absolute atomic E-state index is 11.6. The lowest BCUT2D eigenvalue weighted by Crippen LogP contribution is -2.41. The average molecular weight is 333 g/mol. The van der Waals surface area contributed by atoms with Crippen molar-refractivity contribution in [3.05, 3.63) is 29.1 Å². The van der Waals surface area contributed by atoms with Crippen LogP contribution in [0.4, 0.5) is 0 Å². The molecule has 2 N–H and O–H groups in total. The topological polar surface area (TPSA) is 70.4 Å². The first-order valence-electron chi connectivity index (χ1n) is 9.20. The Kier molecular flexibility index (Phi) is 6.39. The number of aliphatic hydroxyl groups is 1. The van der Waals surface area contributed by atoms with Crippen LogP contribution < -0.4 is 0 Å². The molecule has 0 saturated heterocycles. The highest BCUT2D eigenvalue weighted by Crippen LogP contribution is 2.34. The van der Waals surface area contributed by atoms with Crippen molar-refractivity contribution in [1.29, 1.82) is 0 Å². The molecule has 1 fully saturated rings. The molecule has 0 spiro atoms. The highest BCUT2D eigenvalue weighted by molar-refractivity contribution is 5.77. The van der Waals surface area contributed by atoms with Gasteiger partial charge in [-0.15, -0.1) is 0 Å². The minimum atomic E-state index is -1.72. The van der Waals surface area contributed by atoms with E-state index in [2.05, 4.69) is 4.98 Å². The molecule has 134 valence electrons. The summed E-state index contributed by atoms with van der Waals surface area (Å²) >= 11 is 0. The molecule has 1 aliphatic rings. The Balaban J connectivity index is 2.03. The van der Waals surface area contributed by atoms with Gasteiger partial charge in [0.05, 0.1) is 0 Å². The molecule has 1 aliphatic carbocycles. The van der Waals surface area contributed by atoms with Gasteiger partial charge in [0, 0.05) is 18.3 Å². The number of aromatic nitrogens is 1. The second-order valence-corrected chi connectivity index (χ2v) is 7.88. The molecule has 1 unspecified atom stereocenters. The molecule has 1 atom stereocenters. The van der Waals surface area contributed by atoms with Gasteiger partial charge in [0.1, 0.15) is 0 Å². The molecule has 0 aromatic carbocycles. The first-order valence-corrected chi connectivity index (χ1v) is 9.20. The molecular formula is C20H31NO3. The van der Waals surface area contributed by atoms with E-state index < -0.39 is 11.6 Å². The molecule has 24 heavy (non-hydrogen) atoms. The highest BCUT2D eigenvalue weighted by Gasteiger charge is 2.36. The number of nitrogens with zero attached hydrogens (tertiary/aromatic N) is 1. The van der Waals surface area contributed by atoms with E-state index in [1.165, 1.54) is 31.2 Å². The maximum Gasteiger partial charge on any atom is 0.336 e. The van der Waals surface area contributed by atoms with Crippen molar-refractivity contribution in [3.63, 3.8) is 0 Å². The molecule has 1 aromatic rings. The zero-order valence-electron chi connectivity index (χ0n) is 15.2. The summed E-state index contributed by atoms with van der Waals surface area (Å²) in [6.45, 7) is 6.11. The summed E-state index contributed by atoms with van der Waals surface area (Å²) in [5.74, 6) is 0.139. The smallest absolute Gasteiger partial charge is 0.336 e. The van der Waals surface area contributed by atoms with E-state index >= 15 is 0 Å². The lowest BCUT2D eigenvalue weighted by Gasteiger charge is -2.24. The van der Waals surface area contributed by atoms with Gasteiger partial charge in [-0.05, 0) is 61.6 Å². The third kappa shape index (κ3) is 5.59. The standard InChI is InChI=1S/C20H31NO3/c1-14(2)9-10-20(24,19(22)23)12-18-11-17(15(3)13-21-18)6-4-5-16-7-8-16/h11,13-14,16,24H,4-10,12H2,1-3H3,(H,22,23). The number of rotatable bonds is 10. The molecule has 1 heterocycles. The minimum absolute atomic E-state index is 0.0744. The second-order valence-electron chi connectivity index (χ2n) is 7.88. The maximum atomic E-state index is 11.6. The van der Waals surface area contributed by atoms with Crippen LogP contribution in [0.15, 0.2) is 12.3 Å². The Morgan fingerprint density at radius 1 is 1.42 bits per heavy atom. The number of aliphatic carboxylic acids is 1. The van der Waals surface area contributed by atoms with E-state index in [0.717, 1.165) is 17.9 Å². The molecule has 0 amide bonds. The van der Waals surface area contributed by atoms with E-state index in [-0.39, 0.29) is 12.8 Å². The molecule has 0 aliphatic heterocycles. The number of carbonyl (C=O) groups is 1.